The molecule has 11 heteroatoms. The zero-order chi connectivity index (χ0) is 17.3. The molecule has 0 amide bonds. The van der Waals surface area contributed by atoms with Crippen LogP contribution in [0.2, 0.25) is 0 Å². The van der Waals surface area contributed by atoms with Gasteiger partial charge in [-0.1, -0.05) is 15.9 Å². The van der Waals surface area contributed by atoms with E-state index in [4.69, 9.17) is 4.74 Å². The van der Waals surface area contributed by atoms with Gasteiger partial charge in [-0.25, -0.2) is 0 Å². The maximum Gasteiger partial charge on any atom is 0.349 e. The predicted molar refractivity (Wildman–Crippen MR) is 68.8 cm³/mol. The van der Waals surface area contributed by atoms with Crippen molar-refractivity contribution in [2.75, 3.05) is 6.61 Å². The molecule has 1 saturated heterocycles. The summed E-state index contributed by atoms with van der Waals surface area (Å²) in [6.45, 7) is 1.72. The third kappa shape index (κ3) is 3.08. The van der Waals surface area contributed by atoms with Crippen LogP contribution in [0.1, 0.15) is 20.8 Å². The maximum atomic E-state index is 11.2. The van der Waals surface area contributed by atoms with E-state index in [0.29, 0.717) is 0 Å². The normalized spacial score (nSPS) is 38.0. The molecule has 126 valence electrons. The summed E-state index contributed by atoms with van der Waals surface area (Å²) in [6.07, 6.45) is 0. The van der Waals surface area contributed by atoms with Gasteiger partial charge < -0.3 is 34.3 Å². The van der Waals surface area contributed by atoms with Crippen LogP contribution in [0.25, 0.3) is 0 Å². The number of ether oxygens (including phenoxy) is 4. The lowest BCUT2D eigenvalue weighted by Gasteiger charge is -2.52. The second-order valence-corrected chi connectivity index (χ2v) is 5.36. The Hall–Kier alpha value is -1.27. The highest BCUT2D eigenvalue weighted by atomic mass is 79.9. The van der Waals surface area contributed by atoms with Crippen molar-refractivity contribution >= 4 is 33.8 Å². The Bertz CT molecular complexity index is 495. The van der Waals surface area contributed by atoms with Gasteiger partial charge >= 0.3 is 35.3 Å². The van der Waals surface area contributed by atoms with E-state index in [9.17, 15) is 29.7 Å². The van der Waals surface area contributed by atoms with Crippen molar-refractivity contribution in [3.63, 3.8) is 0 Å². The van der Waals surface area contributed by atoms with Crippen molar-refractivity contribution in [1.29, 1.82) is 0 Å². The van der Waals surface area contributed by atoms with Gasteiger partial charge in [-0.15, -0.1) is 0 Å². The summed E-state index contributed by atoms with van der Waals surface area (Å²) in [5.74, 6) is -12.8. The van der Waals surface area contributed by atoms with E-state index < -0.39 is 46.9 Å². The molecule has 1 aliphatic rings. The molecule has 0 aliphatic carbocycles. The Balaban J connectivity index is 3.45. The Morgan fingerprint density at radius 1 is 1.00 bits per heavy atom. The molecule has 0 aromatic rings. The van der Waals surface area contributed by atoms with Crippen LogP contribution in [0.3, 0.4) is 0 Å². The summed E-state index contributed by atoms with van der Waals surface area (Å²) in [5, 5.41) is 29.7. The number of alkyl halides is 1. The summed E-state index contributed by atoms with van der Waals surface area (Å²) >= 11 is 2.77. The fourth-order valence-corrected chi connectivity index (χ4v) is 2.40. The van der Waals surface area contributed by atoms with Crippen molar-refractivity contribution < 1.29 is 48.7 Å². The van der Waals surface area contributed by atoms with Crippen LogP contribution in [-0.2, 0) is 33.3 Å². The molecule has 0 aromatic carbocycles. The van der Waals surface area contributed by atoms with Gasteiger partial charge in [0.25, 0.3) is 0 Å². The second-order valence-electron chi connectivity index (χ2n) is 4.53. The zero-order valence-electron chi connectivity index (χ0n) is 11.9. The molecule has 1 fully saturated rings. The molecule has 10 nitrogen and oxygen atoms in total. The summed E-state index contributed by atoms with van der Waals surface area (Å²) in [5.41, 5.74) is 0. The fourth-order valence-electron chi connectivity index (χ4n) is 1.86. The Kier molecular flexibility index (Phi) is 5.19. The van der Waals surface area contributed by atoms with Crippen LogP contribution >= 0.6 is 15.9 Å². The molecule has 1 heterocycles. The smallest absolute Gasteiger partial charge is 0.349 e. The summed E-state index contributed by atoms with van der Waals surface area (Å²) in [7, 11) is 0. The van der Waals surface area contributed by atoms with Gasteiger partial charge in [0.2, 0.25) is 0 Å². The van der Waals surface area contributed by atoms with Crippen molar-refractivity contribution in [3.05, 3.63) is 0 Å². The summed E-state index contributed by atoms with van der Waals surface area (Å²) in [6, 6.07) is 0. The molecular weight excluding hydrogens is 372 g/mol. The number of carbonyl (C=O) groups is 3. The molecule has 22 heavy (non-hydrogen) atoms. The number of hydrogen-bond donors (Lipinski definition) is 3. The predicted octanol–water partition coefficient (Wildman–Crippen LogP) is -1.51. The van der Waals surface area contributed by atoms with Crippen LogP contribution in [0.15, 0.2) is 0 Å². The molecule has 4 atom stereocenters. The minimum absolute atomic E-state index is 0.846. The van der Waals surface area contributed by atoms with E-state index in [2.05, 4.69) is 30.1 Å². The van der Waals surface area contributed by atoms with Crippen LogP contribution in [0.5, 0.6) is 0 Å². The highest BCUT2D eigenvalue weighted by Gasteiger charge is 2.76. The van der Waals surface area contributed by atoms with Crippen LogP contribution in [0.4, 0.5) is 0 Å². The van der Waals surface area contributed by atoms with Crippen LogP contribution in [0, 0.1) is 0 Å². The minimum Gasteiger partial charge on any atom is -0.423 e. The largest absolute Gasteiger partial charge is 0.423 e. The molecule has 3 N–H and O–H groups in total. The second kappa shape index (κ2) is 6.08. The molecule has 1 rings (SSSR count). The van der Waals surface area contributed by atoms with Gasteiger partial charge in [0.15, 0.2) is 5.01 Å². The van der Waals surface area contributed by atoms with Crippen molar-refractivity contribution in [2.45, 2.75) is 43.1 Å². The quantitative estimate of drug-likeness (QED) is 0.226. The molecular formula is C11H15BrO10. The number of halogens is 1. The average molecular weight is 387 g/mol. The standard InChI is InChI=1S/C11H15BrO10/c1-5(13)20-9(16)4-19-8(12)10(17,21-6(2)14)11(9,18)22-7(3)15/h8,16-18H,4H2,1-3H3/t8?,9-,10+,11+/m0/s1. The average Bonchev–Trinajstić information content (AvgIpc) is 2.31. The fraction of sp³-hybridized carbons (Fsp3) is 0.727. The van der Waals surface area contributed by atoms with E-state index in [1.54, 1.807) is 0 Å². The lowest BCUT2D eigenvalue weighted by molar-refractivity contribution is -0.485. The number of aliphatic hydroxyl groups is 3. The first-order valence-electron chi connectivity index (χ1n) is 5.89. The lowest BCUT2D eigenvalue weighted by Crippen LogP contribution is -2.79. The lowest BCUT2D eigenvalue weighted by atomic mass is 9.93. The molecule has 1 unspecified atom stereocenters. The first-order chi connectivity index (χ1) is 9.88. The SMILES string of the molecule is CC(=O)O[C@]1(O)[C@@](O)(OC(C)=O)COC(Br)[C@@]1(O)OC(C)=O. The molecule has 0 radical (unpaired) electrons. The highest BCUT2D eigenvalue weighted by molar-refractivity contribution is 9.09. The Morgan fingerprint density at radius 3 is 1.86 bits per heavy atom. The topological polar surface area (TPSA) is 149 Å². The third-order valence-electron chi connectivity index (χ3n) is 2.65. The molecule has 1 aliphatic heterocycles. The van der Waals surface area contributed by atoms with Crippen molar-refractivity contribution in [3.8, 4) is 0 Å². The number of carbonyl (C=O) groups excluding carboxylic acids is 3. The van der Waals surface area contributed by atoms with Crippen molar-refractivity contribution in [1.82, 2.24) is 0 Å². The van der Waals surface area contributed by atoms with Gasteiger partial charge in [-0.2, -0.15) is 0 Å². The van der Waals surface area contributed by atoms with E-state index in [1.807, 2.05) is 0 Å². The van der Waals surface area contributed by atoms with Gasteiger partial charge in [0.1, 0.15) is 6.61 Å². The van der Waals surface area contributed by atoms with Crippen LogP contribution < -0.4 is 0 Å². The van der Waals surface area contributed by atoms with Crippen molar-refractivity contribution in [2.24, 2.45) is 0 Å². The summed E-state index contributed by atoms with van der Waals surface area (Å²) < 4.78 is 18.5. The van der Waals surface area contributed by atoms with E-state index in [1.165, 1.54) is 0 Å². The Labute approximate surface area is 133 Å². The zero-order valence-corrected chi connectivity index (χ0v) is 13.4. The Morgan fingerprint density at radius 2 is 1.45 bits per heavy atom. The van der Waals surface area contributed by atoms with Gasteiger partial charge in [-0.3, -0.25) is 14.4 Å². The molecule has 0 spiro atoms. The van der Waals surface area contributed by atoms with Crippen LogP contribution in [-0.4, -0.2) is 62.2 Å². The number of esters is 3. The first kappa shape index (κ1) is 18.8. The first-order valence-corrected chi connectivity index (χ1v) is 6.81. The number of rotatable bonds is 3. The van der Waals surface area contributed by atoms with E-state index in [-0.39, 0.29) is 0 Å². The maximum absolute atomic E-state index is 11.2. The monoisotopic (exact) mass is 386 g/mol. The van der Waals surface area contributed by atoms with Gasteiger partial charge in [0.05, 0.1) is 0 Å². The highest BCUT2D eigenvalue weighted by Crippen LogP contribution is 2.45. The summed E-state index contributed by atoms with van der Waals surface area (Å²) in [4.78, 5) is 33.5. The van der Waals surface area contributed by atoms with E-state index in [0.717, 1.165) is 20.8 Å². The minimum atomic E-state index is -3.35. The van der Waals surface area contributed by atoms with Gasteiger partial charge in [-0.05, 0) is 0 Å². The molecule has 0 saturated carbocycles. The molecule has 0 aromatic heterocycles. The third-order valence-corrected chi connectivity index (χ3v) is 3.54. The van der Waals surface area contributed by atoms with Gasteiger partial charge in [0, 0.05) is 20.8 Å². The van der Waals surface area contributed by atoms with E-state index >= 15 is 0 Å². The molecule has 0 bridgehead atoms. The number of hydrogen-bond acceptors (Lipinski definition) is 10.